The Hall–Kier alpha value is -3.42. The number of nitrogens with zero attached hydrogens (tertiary/aromatic N) is 2. The molecule has 1 aliphatic heterocycles. The largest absolute Gasteiger partial charge is 0.405 e. The number of rotatable bonds is 11. The van der Waals surface area contributed by atoms with Gasteiger partial charge in [-0.05, 0) is 34.8 Å². The van der Waals surface area contributed by atoms with Crippen LogP contribution in [0.5, 0.6) is 0 Å². The van der Waals surface area contributed by atoms with Gasteiger partial charge in [-0.3, -0.25) is 24.5 Å². The van der Waals surface area contributed by atoms with Crippen molar-refractivity contribution in [2.24, 2.45) is 5.92 Å². The van der Waals surface area contributed by atoms with Crippen molar-refractivity contribution in [3.63, 3.8) is 0 Å². The molecule has 1 fully saturated rings. The number of hydrogen-bond donors (Lipinski definition) is 1. The van der Waals surface area contributed by atoms with Gasteiger partial charge in [0.1, 0.15) is 6.23 Å². The highest BCUT2D eigenvalue weighted by molar-refractivity contribution is 8.76. The van der Waals surface area contributed by atoms with Gasteiger partial charge >= 0.3 is 5.69 Å². The van der Waals surface area contributed by atoms with Crippen molar-refractivity contribution < 1.29 is 14.1 Å². The van der Waals surface area contributed by atoms with Crippen LogP contribution in [0.4, 0.5) is 5.69 Å². The van der Waals surface area contributed by atoms with Gasteiger partial charge in [-0.25, -0.2) is 4.79 Å². The number of nitro benzene ring substituents is 1. The van der Waals surface area contributed by atoms with E-state index in [9.17, 15) is 19.7 Å². The Morgan fingerprint density at radius 2 is 1.60 bits per heavy atom. The number of benzene rings is 3. The quantitative estimate of drug-likeness (QED) is 0.0944. The first-order chi connectivity index (χ1) is 21.5. The number of aromatic nitrogens is 2. The fourth-order valence-electron chi connectivity index (χ4n) is 5.94. The summed E-state index contributed by atoms with van der Waals surface area (Å²) in [6, 6.07) is 27.4. The highest BCUT2D eigenvalue weighted by atomic mass is 33.1. The van der Waals surface area contributed by atoms with E-state index in [1.54, 1.807) is 31.3 Å². The molecule has 0 unspecified atom stereocenters. The summed E-state index contributed by atoms with van der Waals surface area (Å²) < 4.78 is 15.3. The van der Waals surface area contributed by atoms with Crippen LogP contribution in [0.3, 0.4) is 0 Å². The normalized spacial score (nSPS) is 18.6. The summed E-state index contributed by atoms with van der Waals surface area (Å²) in [6.45, 7) is 8.61. The van der Waals surface area contributed by atoms with Crippen LogP contribution in [-0.2, 0) is 9.16 Å². The zero-order chi connectivity index (χ0) is 32.2. The third-order valence-electron chi connectivity index (χ3n) is 8.19. The molecule has 1 N–H and O–H groups in total. The molecular formula is C33H37N3O6S2Si. The minimum atomic E-state index is -2.86. The van der Waals surface area contributed by atoms with Crippen molar-refractivity contribution in [3.05, 3.63) is 128 Å². The van der Waals surface area contributed by atoms with Gasteiger partial charge in [0.15, 0.2) is 0 Å². The van der Waals surface area contributed by atoms with E-state index in [1.807, 2.05) is 36.4 Å². The van der Waals surface area contributed by atoms with E-state index in [0.717, 1.165) is 10.4 Å². The zero-order valence-electron chi connectivity index (χ0n) is 25.7. The van der Waals surface area contributed by atoms with Gasteiger partial charge in [-0.1, -0.05) is 115 Å². The number of aryl methyl sites for hydroxylation is 1. The molecule has 45 heavy (non-hydrogen) atoms. The van der Waals surface area contributed by atoms with E-state index in [2.05, 4.69) is 50.0 Å². The van der Waals surface area contributed by atoms with Crippen molar-refractivity contribution in [1.29, 1.82) is 0 Å². The number of para-hydroxylation sites is 1. The Morgan fingerprint density at radius 3 is 2.20 bits per heavy atom. The lowest BCUT2D eigenvalue weighted by atomic mass is 10.0. The molecule has 0 radical (unpaired) electrons. The number of aromatic amines is 1. The molecule has 3 atom stereocenters. The number of hydrogen-bond acceptors (Lipinski definition) is 8. The maximum atomic E-state index is 12.8. The molecule has 1 aliphatic rings. The summed E-state index contributed by atoms with van der Waals surface area (Å²) >= 11 is 0. The Balaban J connectivity index is 1.46. The van der Waals surface area contributed by atoms with Crippen LogP contribution in [0.25, 0.3) is 0 Å². The molecule has 3 aromatic carbocycles. The minimum Gasteiger partial charge on any atom is -0.405 e. The van der Waals surface area contributed by atoms with Crippen LogP contribution in [0.2, 0.25) is 5.04 Å². The van der Waals surface area contributed by atoms with Gasteiger partial charge in [0.2, 0.25) is 0 Å². The van der Waals surface area contributed by atoms with Gasteiger partial charge in [-0.2, -0.15) is 0 Å². The smallest absolute Gasteiger partial charge is 0.330 e. The predicted octanol–water partition coefficient (Wildman–Crippen LogP) is 5.67. The molecule has 1 aromatic heterocycles. The molecule has 9 nitrogen and oxygen atoms in total. The van der Waals surface area contributed by atoms with E-state index >= 15 is 0 Å². The summed E-state index contributed by atoms with van der Waals surface area (Å²) in [6.07, 6.45) is 1.10. The zero-order valence-corrected chi connectivity index (χ0v) is 28.3. The van der Waals surface area contributed by atoms with Crippen molar-refractivity contribution in [1.82, 2.24) is 9.55 Å². The molecule has 2 heterocycles. The first-order valence-corrected chi connectivity index (χ1v) is 19.0. The summed E-state index contributed by atoms with van der Waals surface area (Å²) in [7, 11) is 0.0202. The summed E-state index contributed by atoms with van der Waals surface area (Å²) in [5.74, 6) is 0.576. The van der Waals surface area contributed by atoms with Crippen LogP contribution < -0.4 is 21.6 Å². The van der Waals surface area contributed by atoms with Crippen LogP contribution >= 0.6 is 21.6 Å². The highest BCUT2D eigenvalue weighted by Gasteiger charge is 2.51. The van der Waals surface area contributed by atoms with Crippen molar-refractivity contribution in [2.75, 3.05) is 12.4 Å². The fraction of sp³-hybridized carbons (Fsp3) is 0.333. The van der Waals surface area contributed by atoms with Crippen molar-refractivity contribution >= 4 is 46.0 Å². The van der Waals surface area contributed by atoms with Gasteiger partial charge < -0.3 is 9.16 Å². The molecule has 4 aromatic rings. The number of nitro groups is 1. The lowest BCUT2D eigenvalue weighted by Crippen LogP contribution is -2.67. The predicted molar refractivity (Wildman–Crippen MR) is 183 cm³/mol. The molecule has 0 amide bonds. The molecule has 0 spiro atoms. The maximum absolute atomic E-state index is 12.8. The van der Waals surface area contributed by atoms with E-state index < -0.39 is 25.8 Å². The average molecular weight is 664 g/mol. The highest BCUT2D eigenvalue weighted by Crippen LogP contribution is 2.43. The molecule has 0 saturated carbocycles. The van der Waals surface area contributed by atoms with E-state index in [0.29, 0.717) is 29.2 Å². The first kappa shape index (κ1) is 33.0. The van der Waals surface area contributed by atoms with Crippen LogP contribution in [0.1, 0.15) is 39.0 Å². The summed E-state index contributed by atoms with van der Waals surface area (Å²) in [4.78, 5) is 39.1. The van der Waals surface area contributed by atoms with Crippen LogP contribution in [0.15, 0.2) is 106 Å². The third-order valence-corrected chi connectivity index (χ3v) is 15.7. The lowest BCUT2D eigenvalue weighted by molar-refractivity contribution is -0.387. The Bertz CT molecular complexity index is 1700. The van der Waals surface area contributed by atoms with Gasteiger partial charge in [-0.15, -0.1) is 0 Å². The minimum absolute atomic E-state index is 0.0346. The Labute approximate surface area is 271 Å². The topological polar surface area (TPSA) is 116 Å². The number of H-pyrrole nitrogens is 1. The average Bonchev–Trinajstić information content (AvgIpc) is 3.42. The Morgan fingerprint density at radius 1 is 1.00 bits per heavy atom. The van der Waals surface area contributed by atoms with Crippen molar-refractivity contribution in [3.8, 4) is 0 Å². The molecular weight excluding hydrogens is 627 g/mol. The summed E-state index contributed by atoms with van der Waals surface area (Å²) in [5, 5.41) is 13.6. The molecule has 0 bridgehead atoms. The number of nitrogens with one attached hydrogen (secondary N) is 1. The molecule has 12 heteroatoms. The number of ether oxygens (including phenoxy) is 1. The van der Waals surface area contributed by atoms with Gasteiger partial charge in [0.25, 0.3) is 19.6 Å². The monoisotopic (exact) mass is 663 g/mol. The van der Waals surface area contributed by atoms with E-state index in [1.165, 1.54) is 32.2 Å². The third kappa shape index (κ3) is 7.05. The Kier molecular flexibility index (Phi) is 10.2. The fourth-order valence-corrected chi connectivity index (χ4v) is 13.1. The van der Waals surface area contributed by atoms with E-state index in [-0.39, 0.29) is 27.7 Å². The van der Waals surface area contributed by atoms with Crippen molar-refractivity contribution in [2.45, 2.75) is 56.4 Å². The van der Waals surface area contributed by atoms with Crippen LogP contribution in [0, 0.1) is 23.0 Å². The SMILES string of the molecule is Cc1cn([C@H]2C[C@H](CSSc3ccccc3[N+](=O)[O-])[C@@H](CO[Si](c3ccccc3)(c3ccccc3)C(C)(C)C)O2)c(=O)[nH]c1=O. The van der Waals surface area contributed by atoms with Gasteiger partial charge in [0.05, 0.1) is 22.5 Å². The van der Waals surface area contributed by atoms with Gasteiger partial charge in [0, 0.05) is 29.5 Å². The molecule has 0 aliphatic carbocycles. The maximum Gasteiger partial charge on any atom is 0.330 e. The van der Waals surface area contributed by atoms with Crippen LogP contribution in [-0.4, -0.2) is 41.3 Å². The second kappa shape index (κ2) is 13.9. The van der Waals surface area contributed by atoms with E-state index in [4.69, 9.17) is 9.16 Å². The first-order valence-electron chi connectivity index (χ1n) is 14.8. The standard InChI is InChI=1S/C33H37N3O6S2Si/c1-23-20-35(32(38)34-31(23)37)30-19-24(22-43-44-29-18-12-11-17-27(29)36(39)40)28(42-30)21-41-45(33(2,3)4,25-13-7-5-8-14-25)26-15-9-6-10-16-26/h5-18,20,24,28,30H,19,21-22H2,1-4H3,(H,34,37,38)/t24-,28-,30-/m1/s1. The second-order valence-electron chi connectivity index (χ2n) is 12.2. The lowest BCUT2D eigenvalue weighted by Gasteiger charge is -2.43. The molecule has 236 valence electrons. The second-order valence-corrected chi connectivity index (χ2v) is 18.9. The molecule has 1 saturated heterocycles. The molecule has 5 rings (SSSR count). The summed E-state index contributed by atoms with van der Waals surface area (Å²) in [5.41, 5.74) is -0.459.